The molecule has 0 atom stereocenters. The molecule has 1 aromatic carbocycles. The van der Waals surface area contributed by atoms with Crippen LogP contribution in [0.3, 0.4) is 0 Å². The van der Waals surface area contributed by atoms with Gasteiger partial charge in [-0.2, -0.15) is 13.2 Å². The SMILES string of the molecule is OCCc1coc(Cc2cccc(C(F)(F)F)c2)n1. The first-order chi connectivity index (χ1) is 8.99. The third-order valence-corrected chi connectivity index (χ3v) is 2.58. The Kier molecular flexibility index (Phi) is 3.90. The van der Waals surface area contributed by atoms with E-state index in [1.54, 1.807) is 6.07 Å². The predicted molar refractivity (Wildman–Crippen MR) is 61.5 cm³/mol. The van der Waals surface area contributed by atoms with Gasteiger partial charge in [0.25, 0.3) is 0 Å². The van der Waals surface area contributed by atoms with E-state index in [1.165, 1.54) is 12.3 Å². The molecule has 2 rings (SSSR count). The normalized spacial score (nSPS) is 11.8. The first kappa shape index (κ1) is 13.6. The van der Waals surface area contributed by atoms with Gasteiger partial charge in [-0.1, -0.05) is 18.2 Å². The summed E-state index contributed by atoms with van der Waals surface area (Å²) in [5.41, 5.74) is 0.379. The Labute approximate surface area is 107 Å². The maximum Gasteiger partial charge on any atom is 0.416 e. The van der Waals surface area contributed by atoms with E-state index in [-0.39, 0.29) is 13.0 Å². The molecule has 1 aromatic heterocycles. The molecule has 0 aliphatic rings. The summed E-state index contributed by atoms with van der Waals surface area (Å²) in [6.07, 6.45) is -2.39. The number of alkyl halides is 3. The number of nitrogens with zero attached hydrogens (tertiary/aromatic N) is 1. The zero-order chi connectivity index (χ0) is 13.9. The van der Waals surface area contributed by atoms with Crippen LogP contribution in [-0.2, 0) is 19.0 Å². The standard InChI is InChI=1S/C13H12F3NO2/c14-13(15,16)10-3-1-2-9(6-10)7-12-17-11(4-5-18)8-19-12/h1-3,6,8,18H,4-5,7H2. The summed E-state index contributed by atoms with van der Waals surface area (Å²) in [7, 11) is 0. The zero-order valence-corrected chi connectivity index (χ0v) is 9.94. The smallest absolute Gasteiger partial charge is 0.416 e. The van der Waals surface area contributed by atoms with E-state index in [1.807, 2.05) is 0 Å². The van der Waals surface area contributed by atoms with E-state index in [9.17, 15) is 13.2 Å². The van der Waals surface area contributed by atoms with Crippen molar-refractivity contribution in [1.29, 1.82) is 0 Å². The summed E-state index contributed by atoms with van der Waals surface area (Å²) in [4.78, 5) is 4.08. The van der Waals surface area contributed by atoms with Gasteiger partial charge in [-0.25, -0.2) is 4.98 Å². The van der Waals surface area contributed by atoms with Crippen molar-refractivity contribution in [3.63, 3.8) is 0 Å². The van der Waals surface area contributed by atoms with Gasteiger partial charge in [0.2, 0.25) is 0 Å². The fourth-order valence-electron chi connectivity index (χ4n) is 1.69. The van der Waals surface area contributed by atoms with Gasteiger partial charge in [0, 0.05) is 19.4 Å². The van der Waals surface area contributed by atoms with Gasteiger partial charge in [0.1, 0.15) is 6.26 Å². The average molecular weight is 271 g/mol. The molecule has 0 saturated heterocycles. The zero-order valence-electron chi connectivity index (χ0n) is 9.94. The number of rotatable bonds is 4. The highest BCUT2D eigenvalue weighted by molar-refractivity contribution is 5.27. The predicted octanol–water partition coefficient (Wildman–Crippen LogP) is 2.82. The molecule has 0 aliphatic heterocycles. The van der Waals surface area contributed by atoms with Crippen LogP contribution in [0.2, 0.25) is 0 Å². The Balaban J connectivity index is 2.14. The van der Waals surface area contributed by atoms with Crippen LogP contribution in [0.4, 0.5) is 13.2 Å². The van der Waals surface area contributed by atoms with Crippen molar-refractivity contribution in [2.24, 2.45) is 0 Å². The van der Waals surface area contributed by atoms with Crippen LogP contribution in [-0.4, -0.2) is 16.7 Å². The van der Waals surface area contributed by atoms with Gasteiger partial charge in [-0.15, -0.1) is 0 Å². The van der Waals surface area contributed by atoms with E-state index in [4.69, 9.17) is 9.52 Å². The molecule has 1 N–H and O–H groups in total. The maximum atomic E-state index is 12.5. The van der Waals surface area contributed by atoms with Crippen molar-refractivity contribution in [2.45, 2.75) is 19.0 Å². The van der Waals surface area contributed by atoms with Crippen molar-refractivity contribution in [3.8, 4) is 0 Å². The third-order valence-electron chi connectivity index (χ3n) is 2.58. The minimum Gasteiger partial charge on any atom is -0.448 e. The Morgan fingerprint density at radius 3 is 2.74 bits per heavy atom. The van der Waals surface area contributed by atoms with E-state index in [2.05, 4.69) is 4.98 Å². The minimum absolute atomic E-state index is 0.0461. The molecule has 2 aromatic rings. The molecular weight excluding hydrogens is 259 g/mol. The van der Waals surface area contributed by atoms with Gasteiger partial charge in [0.15, 0.2) is 5.89 Å². The molecule has 0 aliphatic carbocycles. The summed E-state index contributed by atoms with van der Waals surface area (Å²) < 4.78 is 42.8. The summed E-state index contributed by atoms with van der Waals surface area (Å²) in [6, 6.07) is 5.05. The molecule has 6 heteroatoms. The molecule has 0 radical (unpaired) electrons. The van der Waals surface area contributed by atoms with Gasteiger partial charge >= 0.3 is 6.18 Å². The lowest BCUT2D eigenvalue weighted by Crippen LogP contribution is -2.05. The summed E-state index contributed by atoms with van der Waals surface area (Å²) in [5.74, 6) is 0.336. The number of aromatic nitrogens is 1. The number of aliphatic hydroxyl groups is 1. The molecule has 19 heavy (non-hydrogen) atoms. The summed E-state index contributed by atoms with van der Waals surface area (Å²) in [6.45, 7) is -0.0461. The first-order valence-electron chi connectivity index (χ1n) is 5.69. The van der Waals surface area contributed by atoms with E-state index < -0.39 is 11.7 Å². The molecule has 1 heterocycles. The lowest BCUT2D eigenvalue weighted by molar-refractivity contribution is -0.137. The summed E-state index contributed by atoms with van der Waals surface area (Å²) >= 11 is 0. The second-order valence-electron chi connectivity index (χ2n) is 4.08. The van der Waals surface area contributed by atoms with Crippen molar-refractivity contribution in [1.82, 2.24) is 4.98 Å². The quantitative estimate of drug-likeness (QED) is 0.930. The maximum absolute atomic E-state index is 12.5. The molecule has 0 bridgehead atoms. The Hall–Kier alpha value is -1.82. The van der Waals surface area contributed by atoms with Crippen LogP contribution in [0.15, 0.2) is 34.9 Å². The molecule has 102 valence electrons. The highest BCUT2D eigenvalue weighted by Gasteiger charge is 2.30. The number of oxazole rings is 1. The molecular formula is C13H12F3NO2. The van der Waals surface area contributed by atoms with Crippen molar-refractivity contribution in [3.05, 3.63) is 53.2 Å². The number of aliphatic hydroxyl groups excluding tert-OH is 1. The van der Waals surface area contributed by atoms with Crippen LogP contribution in [0, 0.1) is 0 Å². The lowest BCUT2D eigenvalue weighted by Gasteiger charge is -2.07. The third kappa shape index (κ3) is 3.57. The van der Waals surface area contributed by atoms with Crippen LogP contribution >= 0.6 is 0 Å². The Bertz CT molecular complexity index is 549. The van der Waals surface area contributed by atoms with Crippen LogP contribution in [0.5, 0.6) is 0 Å². The van der Waals surface area contributed by atoms with Crippen molar-refractivity contribution < 1.29 is 22.7 Å². The monoisotopic (exact) mass is 271 g/mol. The van der Waals surface area contributed by atoms with E-state index in [0.29, 0.717) is 23.6 Å². The van der Waals surface area contributed by atoms with Crippen molar-refractivity contribution in [2.75, 3.05) is 6.61 Å². The number of benzene rings is 1. The highest BCUT2D eigenvalue weighted by Crippen LogP contribution is 2.29. The second-order valence-corrected chi connectivity index (χ2v) is 4.08. The molecule has 0 fully saturated rings. The number of hydrogen-bond acceptors (Lipinski definition) is 3. The fraction of sp³-hybridized carbons (Fsp3) is 0.308. The topological polar surface area (TPSA) is 46.3 Å². The van der Waals surface area contributed by atoms with Gasteiger partial charge in [-0.3, -0.25) is 0 Å². The molecule has 0 spiro atoms. The van der Waals surface area contributed by atoms with Gasteiger partial charge < -0.3 is 9.52 Å². The van der Waals surface area contributed by atoms with Crippen molar-refractivity contribution >= 4 is 0 Å². The van der Waals surface area contributed by atoms with Gasteiger partial charge in [-0.05, 0) is 11.6 Å². The first-order valence-corrected chi connectivity index (χ1v) is 5.69. The average Bonchev–Trinajstić information content (AvgIpc) is 2.76. The Morgan fingerprint density at radius 2 is 2.05 bits per heavy atom. The van der Waals surface area contributed by atoms with Crippen LogP contribution in [0.25, 0.3) is 0 Å². The van der Waals surface area contributed by atoms with Crippen LogP contribution in [0.1, 0.15) is 22.7 Å². The highest BCUT2D eigenvalue weighted by atomic mass is 19.4. The summed E-state index contributed by atoms with van der Waals surface area (Å²) in [5, 5.41) is 8.74. The number of halogens is 3. The molecule has 3 nitrogen and oxygen atoms in total. The lowest BCUT2D eigenvalue weighted by atomic mass is 10.1. The molecule has 0 saturated carbocycles. The molecule has 0 amide bonds. The molecule has 0 unspecified atom stereocenters. The second kappa shape index (κ2) is 5.44. The van der Waals surface area contributed by atoms with E-state index >= 15 is 0 Å². The fourth-order valence-corrected chi connectivity index (χ4v) is 1.69. The van der Waals surface area contributed by atoms with E-state index in [0.717, 1.165) is 12.1 Å². The minimum atomic E-state index is -4.35. The Morgan fingerprint density at radius 1 is 1.26 bits per heavy atom. The van der Waals surface area contributed by atoms with Crippen LogP contribution < -0.4 is 0 Å². The number of hydrogen-bond donors (Lipinski definition) is 1. The largest absolute Gasteiger partial charge is 0.448 e. The van der Waals surface area contributed by atoms with Gasteiger partial charge in [0.05, 0.1) is 11.3 Å².